The van der Waals surface area contributed by atoms with Crippen LogP contribution in [0.15, 0.2) is 58.3 Å². The van der Waals surface area contributed by atoms with Gasteiger partial charge in [0.05, 0.1) is 13.5 Å². The van der Waals surface area contributed by atoms with Crippen molar-refractivity contribution < 1.29 is 14.3 Å². The van der Waals surface area contributed by atoms with Gasteiger partial charge >= 0.3 is 5.97 Å². The van der Waals surface area contributed by atoms with Gasteiger partial charge in [-0.2, -0.15) is 0 Å². The predicted octanol–water partition coefficient (Wildman–Crippen LogP) is 3.76. The molecule has 2 aromatic carbocycles. The second-order valence-corrected chi connectivity index (χ2v) is 5.66. The van der Waals surface area contributed by atoms with Gasteiger partial charge in [-0.15, -0.1) is 0 Å². The molecule has 2 aromatic rings. The Hall–Kier alpha value is -2.07. The summed E-state index contributed by atoms with van der Waals surface area (Å²) in [4.78, 5) is 25.1. The summed E-state index contributed by atoms with van der Waals surface area (Å²) in [6.45, 7) is 1.52. The molecule has 0 aliphatic heterocycles. The predicted molar refractivity (Wildman–Crippen MR) is 82.7 cm³/mol. The van der Waals surface area contributed by atoms with Crippen LogP contribution < -0.4 is 0 Å². The molecule has 21 heavy (non-hydrogen) atoms. The molecule has 0 aliphatic rings. The summed E-state index contributed by atoms with van der Waals surface area (Å²) in [7, 11) is 1.36. The second-order valence-electron chi connectivity index (χ2n) is 4.55. The molecule has 108 valence electrons. The highest BCUT2D eigenvalue weighted by Gasteiger charge is 2.12. The Morgan fingerprint density at radius 2 is 1.81 bits per heavy atom. The lowest BCUT2D eigenvalue weighted by Gasteiger charge is -2.10. The Labute approximate surface area is 128 Å². The van der Waals surface area contributed by atoms with Crippen LogP contribution in [0.2, 0.25) is 0 Å². The molecule has 3 nitrogen and oxygen atoms in total. The van der Waals surface area contributed by atoms with Crippen LogP contribution in [0, 0.1) is 0 Å². The van der Waals surface area contributed by atoms with Crippen LogP contribution in [0.25, 0.3) is 0 Å². The standard InChI is InChI=1S/C17H16O3S/c1-12(18)13-8-9-16(14(10-13)11-17(19)20-2)21-15-6-4-3-5-7-15/h3-10H,11H2,1-2H3. The van der Waals surface area contributed by atoms with Crippen molar-refractivity contribution in [1.82, 2.24) is 0 Å². The Balaban J connectivity index is 2.34. The molecule has 0 N–H and O–H groups in total. The van der Waals surface area contributed by atoms with Gasteiger partial charge < -0.3 is 4.74 Å². The van der Waals surface area contributed by atoms with Crippen LogP contribution in [-0.4, -0.2) is 18.9 Å². The van der Waals surface area contributed by atoms with E-state index in [1.165, 1.54) is 14.0 Å². The summed E-state index contributed by atoms with van der Waals surface area (Å²) in [5.41, 5.74) is 1.41. The van der Waals surface area contributed by atoms with Crippen molar-refractivity contribution in [2.24, 2.45) is 0 Å². The van der Waals surface area contributed by atoms with E-state index in [1.807, 2.05) is 36.4 Å². The monoisotopic (exact) mass is 300 g/mol. The largest absolute Gasteiger partial charge is 0.469 e. The van der Waals surface area contributed by atoms with E-state index in [-0.39, 0.29) is 18.2 Å². The zero-order chi connectivity index (χ0) is 15.2. The molecule has 4 heteroatoms. The Morgan fingerprint density at radius 1 is 1.10 bits per heavy atom. The van der Waals surface area contributed by atoms with Crippen LogP contribution in [-0.2, 0) is 16.0 Å². The minimum Gasteiger partial charge on any atom is -0.469 e. The molecular formula is C17H16O3S. The van der Waals surface area contributed by atoms with Crippen LogP contribution in [0.3, 0.4) is 0 Å². The molecule has 0 bridgehead atoms. The molecule has 0 amide bonds. The molecule has 0 fully saturated rings. The van der Waals surface area contributed by atoms with Crippen LogP contribution in [0.4, 0.5) is 0 Å². The Kier molecular flexibility index (Phi) is 5.17. The first-order valence-electron chi connectivity index (χ1n) is 6.53. The maximum atomic E-state index is 11.6. The number of Topliss-reactive ketones (excluding diaryl/α,β-unsaturated/α-hetero) is 1. The number of hydrogen-bond acceptors (Lipinski definition) is 4. The third-order valence-electron chi connectivity index (χ3n) is 3.00. The molecule has 0 saturated heterocycles. The summed E-state index contributed by atoms with van der Waals surface area (Å²) >= 11 is 1.57. The van der Waals surface area contributed by atoms with Crippen molar-refractivity contribution in [2.75, 3.05) is 7.11 Å². The van der Waals surface area contributed by atoms with E-state index in [0.29, 0.717) is 5.56 Å². The van der Waals surface area contributed by atoms with Gasteiger partial charge in [-0.25, -0.2) is 0 Å². The first kappa shape index (κ1) is 15.3. The van der Waals surface area contributed by atoms with E-state index in [2.05, 4.69) is 0 Å². The lowest BCUT2D eigenvalue weighted by Crippen LogP contribution is -2.06. The van der Waals surface area contributed by atoms with E-state index in [4.69, 9.17) is 4.74 Å². The highest BCUT2D eigenvalue weighted by molar-refractivity contribution is 7.99. The lowest BCUT2D eigenvalue weighted by molar-refractivity contribution is -0.139. The molecule has 0 aliphatic carbocycles. The fourth-order valence-corrected chi connectivity index (χ4v) is 2.82. The first-order valence-corrected chi connectivity index (χ1v) is 7.35. The Morgan fingerprint density at radius 3 is 2.43 bits per heavy atom. The zero-order valence-electron chi connectivity index (χ0n) is 12.0. The third kappa shape index (κ3) is 4.20. The van der Waals surface area contributed by atoms with Gasteiger partial charge in [0.25, 0.3) is 0 Å². The van der Waals surface area contributed by atoms with Crippen molar-refractivity contribution in [3.05, 3.63) is 59.7 Å². The summed E-state index contributed by atoms with van der Waals surface area (Å²) < 4.78 is 4.73. The highest BCUT2D eigenvalue weighted by Crippen LogP contribution is 2.31. The van der Waals surface area contributed by atoms with Crippen LogP contribution in [0.5, 0.6) is 0 Å². The molecular weight excluding hydrogens is 284 g/mol. The number of hydrogen-bond donors (Lipinski definition) is 0. The van der Waals surface area contributed by atoms with E-state index in [9.17, 15) is 9.59 Å². The number of esters is 1. The number of carbonyl (C=O) groups excluding carboxylic acids is 2. The second kappa shape index (κ2) is 7.09. The first-order chi connectivity index (χ1) is 10.1. The highest BCUT2D eigenvalue weighted by atomic mass is 32.2. The van der Waals surface area contributed by atoms with Gasteiger partial charge in [0.15, 0.2) is 5.78 Å². The molecule has 0 spiro atoms. The lowest BCUT2D eigenvalue weighted by atomic mass is 10.1. The summed E-state index contributed by atoms with van der Waals surface area (Å²) in [5, 5.41) is 0. The average Bonchev–Trinajstić information content (AvgIpc) is 2.49. The fraction of sp³-hybridized carbons (Fsp3) is 0.176. The number of rotatable bonds is 5. The zero-order valence-corrected chi connectivity index (χ0v) is 12.8. The van der Waals surface area contributed by atoms with E-state index < -0.39 is 0 Å². The third-order valence-corrected chi connectivity index (χ3v) is 4.13. The molecule has 0 saturated carbocycles. The average molecular weight is 300 g/mol. The fourth-order valence-electron chi connectivity index (χ4n) is 1.88. The van der Waals surface area contributed by atoms with Gasteiger partial charge in [0.2, 0.25) is 0 Å². The van der Waals surface area contributed by atoms with Crippen molar-refractivity contribution in [3.63, 3.8) is 0 Å². The van der Waals surface area contributed by atoms with Crippen molar-refractivity contribution >= 4 is 23.5 Å². The number of ether oxygens (including phenoxy) is 1. The maximum absolute atomic E-state index is 11.6. The summed E-state index contributed by atoms with van der Waals surface area (Å²) in [6, 6.07) is 15.3. The molecule has 0 atom stereocenters. The van der Waals surface area contributed by atoms with Crippen LogP contribution >= 0.6 is 11.8 Å². The van der Waals surface area contributed by atoms with Gasteiger partial charge in [-0.05, 0) is 36.8 Å². The number of carbonyl (C=O) groups is 2. The molecule has 0 unspecified atom stereocenters. The van der Waals surface area contributed by atoms with Crippen LogP contribution in [0.1, 0.15) is 22.8 Å². The molecule has 0 heterocycles. The molecule has 0 radical (unpaired) electrons. The number of methoxy groups -OCH3 is 1. The molecule has 0 aromatic heterocycles. The molecule has 2 rings (SSSR count). The van der Waals surface area contributed by atoms with E-state index >= 15 is 0 Å². The Bertz CT molecular complexity index is 650. The minimum atomic E-state index is -0.314. The summed E-state index contributed by atoms with van der Waals surface area (Å²) in [6.07, 6.45) is 0.160. The van der Waals surface area contributed by atoms with Gasteiger partial charge in [0.1, 0.15) is 0 Å². The smallest absolute Gasteiger partial charge is 0.310 e. The maximum Gasteiger partial charge on any atom is 0.310 e. The SMILES string of the molecule is COC(=O)Cc1cc(C(C)=O)ccc1Sc1ccccc1. The normalized spacial score (nSPS) is 10.2. The quantitative estimate of drug-likeness (QED) is 0.623. The van der Waals surface area contributed by atoms with Crippen molar-refractivity contribution in [2.45, 2.75) is 23.1 Å². The number of ketones is 1. The van der Waals surface area contributed by atoms with Gasteiger partial charge in [-0.3, -0.25) is 9.59 Å². The van der Waals surface area contributed by atoms with Crippen molar-refractivity contribution in [1.29, 1.82) is 0 Å². The number of benzene rings is 2. The summed E-state index contributed by atoms with van der Waals surface area (Å²) in [5.74, 6) is -0.331. The topological polar surface area (TPSA) is 43.4 Å². The minimum absolute atomic E-state index is 0.0163. The van der Waals surface area contributed by atoms with E-state index in [1.54, 1.807) is 23.9 Å². The van der Waals surface area contributed by atoms with Crippen molar-refractivity contribution in [3.8, 4) is 0 Å². The van der Waals surface area contributed by atoms with Gasteiger partial charge in [0, 0.05) is 15.4 Å². The van der Waals surface area contributed by atoms with Gasteiger partial charge in [-0.1, -0.05) is 36.0 Å². The van der Waals surface area contributed by atoms with E-state index in [0.717, 1.165) is 15.4 Å².